The van der Waals surface area contributed by atoms with Gasteiger partial charge in [0.1, 0.15) is 5.58 Å². The lowest BCUT2D eigenvalue weighted by Crippen LogP contribution is -2.32. The maximum absolute atomic E-state index is 12.8. The van der Waals surface area contributed by atoms with Gasteiger partial charge in [-0.25, -0.2) is 4.79 Å². The number of aryl methyl sites for hydroxylation is 1. The van der Waals surface area contributed by atoms with Gasteiger partial charge in [-0.2, -0.15) is 5.10 Å². The molecular formula is C24H25N3O2. The van der Waals surface area contributed by atoms with Crippen LogP contribution in [0.1, 0.15) is 31.2 Å². The van der Waals surface area contributed by atoms with Crippen molar-refractivity contribution in [3.05, 3.63) is 64.6 Å². The molecule has 0 bridgehead atoms. The normalized spacial score (nSPS) is 16.1. The van der Waals surface area contributed by atoms with Crippen LogP contribution in [0.4, 0.5) is 0 Å². The maximum atomic E-state index is 12.8. The Morgan fingerprint density at radius 1 is 1.07 bits per heavy atom. The number of rotatable bonds is 3. The molecule has 0 aliphatic carbocycles. The zero-order valence-corrected chi connectivity index (χ0v) is 16.9. The number of nitrogens with zero attached hydrogens (tertiary/aromatic N) is 3. The Kier molecular flexibility index (Phi) is 4.47. The zero-order chi connectivity index (χ0) is 20.0. The highest BCUT2D eigenvalue weighted by Gasteiger charge is 2.20. The van der Waals surface area contributed by atoms with Crippen molar-refractivity contribution in [3.8, 4) is 11.1 Å². The van der Waals surface area contributed by atoms with E-state index in [1.54, 1.807) is 4.68 Å². The Morgan fingerprint density at radius 2 is 1.90 bits per heavy atom. The molecule has 1 saturated heterocycles. The fourth-order valence-electron chi connectivity index (χ4n) is 4.48. The highest BCUT2D eigenvalue weighted by Crippen LogP contribution is 2.31. The summed E-state index contributed by atoms with van der Waals surface area (Å²) in [6.45, 7) is 5.61. The highest BCUT2D eigenvalue weighted by molar-refractivity contribution is 5.87. The first-order valence-electron chi connectivity index (χ1n) is 10.3. The molecule has 5 rings (SSSR count). The first-order chi connectivity index (χ1) is 14.1. The molecule has 148 valence electrons. The molecule has 2 aromatic heterocycles. The topological polar surface area (TPSA) is 51.3 Å². The van der Waals surface area contributed by atoms with Gasteiger partial charge in [0.15, 0.2) is 0 Å². The van der Waals surface area contributed by atoms with E-state index in [0.717, 1.165) is 54.3 Å². The molecule has 0 atom stereocenters. The van der Waals surface area contributed by atoms with Gasteiger partial charge in [-0.3, -0.25) is 4.68 Å². The Hall–Kier alpha value is -2.92. The van der Waals surface area contributed by atoms with Crippen molar-refractivity contribution in [2.75, 3.05) is 19.6 Å². The molecule has 0 unspecified atom stereocenters. The van der Waals surface area contributed by atoms with Gasteiger partial charge in [0.25, 0.3) is 0 Å². The van der Waals surface area contributed by atoms with Crippen molar-refractivity contribution in [2.24, 2.45) is 7.05 Å². The molecule has 5 nitrogen and oxygen atoms in total. The Labute approximate surface area is 169 Å². The summed E-state index contributed by atoms with van der Waals surface area (Å²) < 4.78 is 7.53. The van der Waals surface area contributed by atoms with Crippen LogP contribution < -0.4 is 5.63 Å². The molecule has 5 heteroatoms. The molecule has 0 spiro atoms. The third-order valence-corrected chi connectivity index (χ3v) is 6.20. The number of aromatic nitrogens is 2. The molecule has 1 aliphatic heterocycles. The highest BCUT2D eigenvalue weighted by atomic mass is 16.4. The fraction of sp³-hybridized carbons (Fsp3) is 0.333. The van der Waals surface area contributed by atoms with Crippen LogP contribution in [0.15, 0.2) is 57.9 Å². The third-order valence-electron chi connectivity index (χ3n) is 6.20. The molecule has 29 heavy (non-hydrogen) atoms. The van der Waals surface area contributed by atoms with Crippen LogP contribution in [0.3, 0.4) is 0 Å². The van der Waals surface area contributed by atoms with E-state index in [-0.39, 0.29) is 5.63 Å². The van der Waals surface area contributed by atoms with Gasteiger partial charge >= 0.3 is 5.63 Å². The summed E-state index contributed by atoms with van der Waals surface area (Å²) >= 11 is 0. The van der Waals surface area contributed by atoms with Crippen LogP contribution in [0.2, 0.25) is 0 Å². The van der Waals surface area contributed by atoms with E-state index in [0.29, 0.717) is 17.1 Å². The first kappa shape index (κ1) is 18.1. The lowest BCUT2D eigenvalue weighted by atomic mass is 9.89. The van der Waals surface area contributed by atoms with Crippen LogP contribution in [-0.2, 0) is 7.05 Å². The van der Waals surface area contributed by atoms with Crippen LogP contribution in [0, 0.1) is 0 Å². The summed E-state index contributed by atoms with van der Waals surface area (Å²) in [5, 5.41) is 6.37. The number of hydrogen-bond acceptors (Lipinski definition) is 4. The largest absolute Gasteiger partial charge is 0.422 e. The molecule has 4 aromatic rings. The van der Waals surface area contributed by atoms with Gasteiger partial charge in [0.05, 0.1) is 11.1 Å². The quantitative estimate of drug-likeness (QED) is 0.484. The SMILES string of the molecule is CCN1CCC(c2ccc3cc(-c4ccc5nn(C)cc5c4)c(=O)oc3c2)CC1. The second-order valence-corrected chi connectivity index (χ2v) is 8.03. The van der Waals surface area contributed by atoms with Gasteiger partial charge in [0, 0.05) is 24.0 Å². The fourth-order valence-corrected chi connectivity index (χ4v) is 4.48. The van der Waals surface area contributed by atoms with Gasteiger partial charge < -0.3 is 9.32 Å². The molecule has 1 aliphatic rings. The van der Waals surface area contributed by atoms with Gasteiger partial charge in [-0.15, -0.1) is 0 Å². The summed E-state index contributed by atoms with van der Waals surface area (Å²) in [5.41, 5.74) is 4.03. The minimum Gasteiger partial charge on any atom is -0.422 e. The lowest BCUT2D eigenvalue weighted by Gasteiger charge is -2.31. The van der Waals surface area contributed by atoms with Crippen molar-refractivity contribution < 1.29 is 4.42 Å². The zero-order valence-electron chi connectivity index (χ0n) is 16.9. The van der Waals surface area contributed by atoms with Crippen molar-refractivity contribution >= 4 is 21.9 Å². The minimum absolute atomic E-state index is 0.293. The van der Waals surface area contributed by atoms with Crippen LogP contribution in [0.5, 0.6) is 0 Å². The van der Waals surface area contributed by atoms with Crippen LogP contribution in [0.25, 0.3) is 33.0 Å². The second kappa shape index (κ2) is 7.16. The summed E-state index contributed by atoms with van der Waals surface area (Å²) in [6, 6.07) is 14.2. The van der Waals surface area contributed by atoms with Gasteiger partial charge in [-0.05, 0) is 73.8 Å². The van der Waals surface area contributed by atoms with Crippen molar-refractivity contribution in [2.45, 2.75) is 25.7 Å². The van der Waals surface area contributed by atoms with Gasteiger partial charge in [0.2, 0.25) is 0 Å². The van der Waals surface area contributed by atoms with E-state index in [9.17, 15) is 4.79 Å². The average Bonchev–Trinajstić information content (AvgIpc) is 3.12. The van der Waals surface area contributed by atoms with E-state index < -0.39 is 0 Å². The molecule has 2 aromatic carbocycles. The lowest BCUT2D eigenvalue weighted by molar-refractivity contribution is 0.222. The summed E-state index contributed by atoms with van der Waals surface area (Å²) in [7, 11) is 1.90. The predicted octanol–water partition coefficient (Wildman–Crippen LogP) is 4.55. The molecule has 0 radical (unpaired) electrons. The molecule has 0 saturated carbocycles. The number of piperidine rings is 1. The van der Waals surface area contributed by atoms with E-state index in [1.807, 2.05) is 37.5 Å². The molecule has 1 fully saturated rings. The summed E-state index contributed by atoms with van der Waals surface area (Å²) in [5.74, 6) is 0.542. The molecule has 0 N–H and O–H groups in total. The summed E-state index contributed by atoms with van der Waals surface area (Å²) in [4.78, 5) is 15.2. The predicted molar refractivity (Wildman–Crippen MR) is 116 cm³/mol. The minimum atomic E-state index is -0.293. The molecular weight excluding hydrogens is 362 g/mol. The first-order valence-corrected chi connectivity index (χ1v) is 10.3. The van der Waals surface area contributed by atoms with E-state index in [4.69, 9.17) is 4.42 Å². The van der Waals surface area contributed by atoms with Gasteiger partial charge in [-0.1, -0.05) is 25.1 Å². The van der Waals surface area contributed by atoms with E-state index in [1.165, 1.54) is 5.56 Å². The molecule has 0 amide bonds. The number of benzene rings is 2. The van der Waals surface area contributed by atoms with Crippen molar-refractivity contribution in [1.82, 2.24) is 14.7 Å². The monoisotopic (exact) mass is 387 g/mol. The number of hydrogen-bond donors (Lipinski definition) is 0. The van der Waals surface area contributed by atoms with Crippen LogP contribution >= 0.6 is 0 Å². The number of fused-ring (bicyclic) bond motifs is 2. The third kappa shape index (κ3) is 3.36. The average molecular weight is 387 g/mol. The number of likely N-dealkylation sites (tertiary alicyclic amines) is 1. The Morgan fingerprint density at radius 3 is 2.69 bits per heavy atom. The summed E-state index contributed by atoms with van der Waals surface area (Å²) in [6.07, 6.45) is 4.27. The van der Waals surface area contributed by atoms with Crippen molar-refractivity contribution in [1.29, 1.82) is 0 Å². The Bertz CT molecular complexity index is 1250. The standard InChI is InChI=1S/C24H25N3O2/c1-3-27-10-8-16(9-11-27)17-4-5-19-13-21(24(28)29-23(19)14-17)18-6-7-22-20(12-18)15-26(2)25-22/h4-7,12-16H,3,8-11H2,1-2H3. The van der Waals surface area contributed by atoms with Crippen LogP contribution in [-0.4, -0.2) is 34.3 Å². The second-order valence-electron chi connectivity index (χ2n) is 8.03. The van der Waals surface area contributed by atoms with E-state index >= 15 is 0 Å². The van der Waals surface area contributed by atoms with Crippen molar-refractivity contribution in [3.63, 3.8) is 0 Å². The maximum Gasteiger partial charge on any atom is 0.344 e. The smallest absolute Gasteiger partial charge is 0.344 e. The van der Waals surface area contributed by atoms with E-state index in [2.05, 4.69) is 35.1 Å². The molecule has 3 heterocycles. The Balaban J connectivity index is 1.50.